The molecular weight excluding hydrogens is 432 g/mol. The number of urea groups is 1. The van der Waals surface area contributed by atoms with Crippen molar-refractivity contribution < 1.29 is 33.4 Å². The number of hydrogen-bond donors (Lipinski definition) is 2. The van der Waals surface area contributed by atoms with Crippen molar-refractivity contribution in [2.45, 2.75) is 65.5 Å². The summed E-state index contributed by atoms with van der Waals surface area (Å²) in [6.45, 7) is 6.56. The quantitative estimate of drug-likeness (QED) is 0.461. The number of carbonyl (C=O) groups excluding carboxylic acids is 5. The summed E-state index contributed by atoms with van der Waals surface area (Å²) in [5.41, 5.74) is 2.79. The molecule has 0 unspecified atom stereocenters. The average Bonchev–Trinajstić information content (AvgIpc) is 3.17. The van der Waals surface area contributed by atoms with Gasteiger partial charge in [-0.1, -0.05) is 6.92 Å². The molecule has 0 radical (unpaired) electrons. The minimum absolute atomic E-state index is 0.214. The molecule has 2 fully saturated rings. The normalized spacial score (nSPS) is 22.3. The van der Waals surface area contributed by atoms with Gasteiger partial charge < -0.3 is 19.4 Å². The first kappa shape index (κ1) is 24.3. The molecule has 2 N–H and O–H groups in total. The molecule has 1 aromatic heterocycles. The fraction of sp³-hybridized carbons (Fsp3) is 0.591. The van der Waals surface area contributed by atoms with Gasteiger partial charge in [-0.2, -0.15) is 5.01 Å². The van der Waals surface area contributed by atoms with Crippen LogP contribution in [0, 0.1) is 19.8 Å². The lowest BCUT2D eigenvalue weighted by Crippen LogP contribution is -2.52. The number of rotatable bonds is 7. The zero-order valence-corrected chi connectivity index (χ0v) is 19.4. The van der Waals surface area contributed by atoms with Crippen molar-refractivity contribution in [3.8, 4) is 0 Å². The Balaban J connectivity index is 1.53. The molecule has 1 saturated heterocycles. The fourth-order valence-electron chi connectivity index (χ4n) is 4.25. The van der Waals surface area contributed by atoms with Gasteiger partial charge in [0.05, 0.1) is 12.2 Å². The highest BCUT2D eigenvalue weighted by Gasteiger charge is 2.52. The monoisotopic (exact) mass is 462 g/mol. The maximum atomic E-state index is 12.8. The highest BCUT2D eigenvalue weighted by atomic mass is 16.5. The first-order chi connectivity index (χ1) is 15.6. The van der Waals surface area contributed by atoms with Gasteiger partial charge >= 0.3 is 18.0 Å². The molecule has 2 aliphatic rings. The van der Waals surface area contributed by atoms with Gasteiger partial charge in [-0.05, 0) is 58.4 Å². The maximum absolute atomic E-state index is 12.8. The number of carbonyl (C=O) groups is 5. The summed E-state index contributed by atoms with van der Waals surface area (Å²) < 4.78 is 11.6. The minimum Gasteiger partial charge on any atom is -0.462 e. The molecule has 33 heavy (non-hydrogen) atoms. The van der Waals surface area contributed by atoms with Crippen LogP contribution in [0.25, 0.3) is 0 Å². The number of hydrogen-bond acceptors (Lipinski definition) is 7. The number of nitrogens with one attached hydrogen (secondary N) is 2. The second-order valence-electron chi connectivity index (χ2n) is 8.62. The van der Waals surface area contributed by atoms with Crippen LogP contribution in [0.15, 0.2) is 6.07 Å². The highest BCUT2D eigenvalue weighted by Crippen LogP contribution is 2.35. The smallest absolute Gasteiger partial charge is 0.344 e. The summed E-state index contributed by atoms with van der Waals surface area (Å²) in [5, 5.41) is 3.36. The van der Waals surface area contributed by atoms with E-state index in [1.165, 1.54) is 0 Å². The van der Waals surface area contributed by atoms with Crippen LogP contribution in [-0.4, -0.2) is 58.1 Å². The summed E-state index contributed by atoms with van der Waals surface area (Å²) in [6, 6.07) is 0.923. The van der Waals surface area contributed by atoms with Crippen molar-refractivity contribution in [1.29, 1.82) is 0 Å². The van der Waals surface area contributed by atoms with Crippen LogP contribution in [0.2, 0.25) is 0 Å². The molecule has 1 aliphatic carbocycles. The van der Waals surface area contributed by atoms with Gasteiger partial charge in [0.15, 0.2) is 6.61 Å². The van der Waals surface area contributed by atoms with E-state index in [-0.39, 0.29) is 13.2 Å². The van der Waals surface area contributed by atoms with E-state index >= 15 is 0 Å². The Morgan fingerprint density at radius 3 is 2.48 bits per heavy atom. The number of esters is 2. The molecule has 0 atom stereocenters. The predicted octanol–water partition coefficient (Wildman–Crippen LogP) is 1.36. The zero-order valence-electron chi connectivity index (χ0n) is 19.4. The van der Waals surface area contributed by atoms with Crippen molar-refractivity contribution in [1.82, 2.24) is 20.3 Å². The van der Waals surface area contributed by atoms with E-state index in [0.717, 1.165) is 12.8 Å². The highest BCUT2D eigenvalue weighted by molar-refractivity contribution is 6.08. The molecule has 2 heterocycles. The van der Waals surface area contributed by atoms with Crippen LogP contribution in [0.3, 0.4) is 0 Å². The second kappa shape index (κ2) is 9.63. The summed E-state index contributed by atoms with van der Waals surface area (Å²) in [6.07, 6.45) is 2.65. The number of nitrogens with zero attached hydrogens (tertiary/aromatic N) is 2. The molecule has 11 nitrogen and oxygen atoms in total. The Kier molecular flexibility index (Phi) is 7.09. The third-order valence-corrected chi connectivity index (χ3v) is 6.25. The molecule has 0 aromatic carbocycles. The molecule has 1 spiro atoms. The van der Waals surface area contributed by atoms with Gasteiger partial charge in [0.1, 0.15) is 12.1 Å². The number of aryl methyl sites for hydroxylation is 1. The van der Waals surface area contributed by atoms with Crippen LogP contribution in [0.4, 0.5) is 4.79 Å². The van der Waals surface area contributed by atoms with Crippen molar-refractivity contribution in [3.63, 3.8) is 0 Å². The SMILES string of the molecule is CCOC(=O)c1cc(C)n(CC(=O)OCC(=O)NN2C(=O)NC3(CCC(C)CC3)C2=O)c1C. The number of amides is 4. The largest absolute Gasteiger partial charge is 0.462 e. The van der Waals surface area contributed by atoms with Gasteiger partial charge in [0.2, 0.25) is 0 Å². The number of hydrazine groups is 1. The Morgan fingerprint density at radius 2 is 1.85 bits per heavy atom. The molecule has 11 heteroatoms. The van der Waals surface area contributed by atoms with Crippen molar-refractivity contribution in [2.75, 3.05) is 13.2 Å². The summed E-state index contributed by atoms with van der Waals surface area (Å²) in [5.74, 6) is -2.02. The minimum atomic E-state index is -0.979. The van der Waals surface area contributed by atoms with Gasteiger partial charge in [-0.25, -0.2) is 9.59 Å². The van der Waals surface area contributed by atoms with Crippen LogP contribution < -0.4 is 10.7 Å². The van der Waals surface area contributed by atoms with E-state index in [1.807, 2.05) is 0 Å². The Morgan fingerprint density at radius 1 is 1.18 bits per heavy atom. The Hall–Kier alpha value is -3.37. The molecule has 1 aliphatic heterocycles. The van der Waals surface area contributed by atoms with E-state index in [2.05, 4.69) is 17.7 Å². The molecule has 180 valence electrons. The Labute approximate surface area is 191 Å². The molecular formula is C22H30N4O7. The first-order valence-electron chi connectivity index (χ1n) is 11.0. The summed E-state index contributed by atoms with van der Waals surface area (Å²) in [7, 11) is 0. The number of aromatic nitrogens is 1. The molecule has 4 amide bonds. The molecule has 3 rings (SSSR count). The fourth-order valence-corrected chi connectivity index (χ4v) is 4.25. The average molecular weight is 463 g/mol. The lowest BCUT2D eigenvalue weighted by Gasteiger charge is -2.33. The van der Waals surface area contributed by atoms with E-state index in [0.29, 0.717) is 40.7 Å². The van der Waals surface area contributed by atoms with Crippen LogP contribution in [-0.2, 0) is 30.4 Å². The van der Waals surface area contributed by atoms with Crippen molar-refractivity contribution in [3.05, 3.63) is 23.0 Å². The topological polar surface area (TPSA) is 136 Å². The predicted molar refractivity (Wildman–Crippen MR) is 115 cm³/mol. The van der Waals surface area contributed by atoms with E-state index in [4.69, 9.17) is 9.47 Å². The van der Waals surface area contributed by atoms with Gasteiger partial charge in [0.25, 0.3) is 11.8 Å². The van der Waals surface area contributed by atoms with Crippen molar-refractivity contribution in [2.24, 2.45) is 5.92 Å². The van der Waals surface area contributed by atoms with Crippen molar-refractivity contribution >= 4 is 29.8 Å². The third-order valence-electron chi connectivity index (χ3n) is 6.25. The lowest BCUT2D eigenvalue weighted by molar-refractivity contribution is -0.151. The molecule has 0 bridgehead atoms. The molecule has 1 aromatic rings. The summed E-state index contributed by atoms with van der Waals surface area (Å²) in [4.78, 5) is 61.5. The number of ether oxygens (including phenoxy) is 2. The van der Waals surface area contributed by atoms with Crippen LogP contribution in [0.5, 0.6) is 0 Å². The van der Waals surface area contributed by atoms with Gasteiger partial charge in [-0.3, -0.25) is 19.8 Å². The van der Waals surface area contributed by atoms with E-state index in [9.17, 15) is 24.0 Å². The first-order valence-corrected chi connectivity index (χ1v) is 11.0. The zero-order chi connectivity index (χ0) is 24.3. The van der Waals surface area contributed by atoms with Crippen LogP contribution >= 0.6 is 0 Å². The standard InChI is InChI=1S/C22H30N4O7/c1-5-32-19(29)16-10-14(3)25(15(16)4)11-18(28)33-12-17(27)24-26-20(30)22(23-21(26)31)8-6-13(2)7-9-22/h10,13H,5-9,11-12H2,1-4H3,(H,23,31)(H,24,27). The lowest BCUT2D eigenvalue weighted by atomic mass is 9.77. The third kappa shape index (κ3) is 5.01. The summed E-state index contributed by atoms with van der Waals surface area (Å²) >= 11 is 0. The molecule has 1 saturated carbocycles. The Bertz CT molecular complexity index is 976. The second-order valence-corrected chi connectivity index (χ2v) is 8.62. The van der Waals surface area contributed by atoms with E-state index in [1.54, 1.807) is 31.4 Å². The van der Waals surface area contributed by atoms with Gasteiger partial charge in [-0.15, -0.1) is 0 Å². The van der Waals surface area contributed by atoms with Crippen LogP contribution in [0.1, 0.15) is 61.3 Å². The number of imide groups is 1. The van der Waals surface area contributed by atoms with E-state index < -0.39 is 41.9 Å². The maximum Gasteiger partial charge on any atom is 0.344 e. The van der Waals surface area contributed by atoms with Gasteiger partial charge in [0, 0.05) is 11.4 Å².